The molecule has 0 saturated carbocycles. The molecule has 2 nitrogen and oxygen atoms in total. The highest BCUT2D eigenvalue weighted by atomic mass is 16.7. The second kappa shape index (κ2) is 1.83. The lowest BCUT2D eigenvalue weighted by molar-refractivity contribution is -0.143. The van der Waals surface area contributed by atoms with Gasteiger partial charge in [0.2, 0.25) is 0 Å². The molecule has 1 heterocycles. The molecule has 0 radical (unpaired) electrons. The zero-order chi connectivity index (χ0) is 7.19. The fraction of sp³-hybridized carbons (Fsp3) is 0.750. The summed E-state index contributed by atoms with van der Waals surface area (Å²) < 4.78 is 11.2. The summed E-state index contributed by atoms with van der Waals surface area (Å²) in [5.41, 5.74) is 0. The summed E-state index contributed by atoms with van der Waals surface area (Å²) in [5, 5.41) is 0. The molecule has 1 saturated heterocycles. The summed E-state index contributed by atoms with van der Waals surface area (Å²) in [6.45, 7) is 3.92. The van der Waals surface area contributed by atoms with Crippen LogP contribution in [0.4, 0.5) is 0 Å². The predicted molar refractivity (Wildman–Crippen MR) is 37.6 cm³/mol. The molecule has 2 rings (SSSR count). The minimum Gasteiger partial charge on any atom is -0.344 e. The van der Waals surface area contributed by atoms with Crippen LogP contribution >= 0.6 is 0 Å². The molecule has 1 aliphatic carbocycles. The maximum Gasteiger partial charge on any atom is 0.164 e. The van der Waals surface area contributed by atoms with Crippen molar-refractivity contribution in [2.24, 2.45) is 0 Å². The Bertz CT molecular complexity index is 172. The van der Waals surface area contributed by atoms with Gasteiger partial charge in [0, 0.05) is 0 Å². The smallest absolute Gasteiger partial charge is 0.164 e. The highest BCUT2D eigenvalue weighted by Gasteiger charge is 2.41. The first-order valence-corrected chi connectivity index (χ1v) is 3.70. The van der Waals surface area contributed by atoms with Gasteiger partial charge in [0.15, 0.2) is 5.79 Å². The van der Waals surface area contributed by atoms with Crippen molar-refractivity contribution in [2.45, 2.75) is 38.3 Å². The van der Waals surface area contributed by atoms with Crippen molar-refractivity contribution in [3.05, 3.63) is 12.2 Å². The van der Waals surface area contributed by atoms with E-state index < -0.39 is 0 Å². The Balaban J connectivity index is 2.13. The van der Waals surface area contributed by atoms with E-state index in [2.05, 4.69) is 12.2 Å². The first-order chi connectivity index (χ1) is 4.67. The van der Waals surface area contributed by atoms with Gasteiger partial charge in [-0.3, -0.25) is 0 Å². The molecule has 2 unspecified atom stereocenters. The van der Waals surface area contributed by atoms with Gasteiger partial charge in [-0.2, -0.15) is 0 Å². The molecule has 1 aliphatic heterocycles. The fourth-order valence-corrected chi connectivity index (χ4v) is 1.56. The topological polar surface area (TPSA) is 18.5 Å². The molecule has 0 aromatic carbocycles. The first-order valence-electron chi connectivity index (χ1n) is 3.70. The van der Waals surface area contributed by atoms with Gasteiger partial charge in [-0.05, 0) is 20.3 Å². The number of fused-ring (bicyclic) bond motifs is 1. The summed E-state index contributed by atoms with van der Waals surface area (Å²) in [6.07, 6.45) is 5.71. The molecule has 10 heavy (non-hydrogen) atoms. The van der Waals surface area contributed by atoms with Gasteiger partial charge < -0.3 is 9.47 Å². The molecule has 2 heteroatoms. The number of ether oxygens (including phenoxy) is 2. The molecule has 0 aromatic rings. The monoisotopic (exact) mass is 140 g/mol. The van der Waals surface area contributed by atoms with Crippen molar-refractivity contribution < 1.29 is 9.47 Å². The molecule has 2 aliphatic rings. The Hall–Kier alpha value is -0.340. The minimum absolute atomic E-state index is 0.218. The quantitative estimate of drug-likeness (QED) is 0.474. The van der Waals surface area contributed by atoms with E-state index in [1.165, 1.54) is 0 Å². The van der Waals surface area contributed by atoms with Gasteiger partial charge in [-0.1, -0.05) is 12.2 Å². The number of hydrogen-bond donors (Lipinski definition) is 0. The van der Waals surface area contributed by atoms with Crippen LogP contribution in [0.2, 0.25) is 0 Å². The third-order valence-electron chi connectivity index (χ3n) is 1.92. The summed E-state index contributed by atoms with van der Waals surface area (Å²) >= 11 is 0. The highest BCUT2D eigenvalue weighted by Crippen LogP contribution is 2.33. The van der Waals surface area contributed by atoms with E-state index in [0.717, 1.165) is 6.42 Å². The highest BCUT2D eigenvalue weighted by molar-refractivity contribution is 5.07. The van der Waals surface area contributed by atoms with Crippen molar-refractivity contribution in [1.82, 2.24) is 0 Å². The van der Waals surface area contributed by atoms with Crippen LogP contribution in [0.5, 0.6) is 0 Å². The predicted octanol–water partition coefficient (Wildman–Crippen LogP) is 1.47. The average molecular weight is 140 g/mol. The van der Waals surface area contributed by atoms with Gasteiger partial charge in [0.1, 0.15) is 6.10 Å². The van der Waals surface area contributed by atoms with Crippen LogP contribution in [-0.4, -0.2) is 18.0 Å². The SMILES string of the molecule is CC1(C)OC2C=CCC2O1. The maximum atomic E-state index is 5.59. The molecular weight excluding hydrogens is 128 g/mol. The maximum absolute atomic E-state index is 5.59. The Morgan fingerprint density at radius 2 is 2.20 bits per heavy atom. The molecule has 56 valence electrons. The molecular formula is C8H12O2. The van der Waals surface area contributed by atoms with Crippen LogP contribution in [0.3, 0.4) is 0 Å². The van der Waals surface area contributed by atoms with Gasteiger partial charge in [-0.15, -0.1) is 0 Å². The lowest BCUT2D eigenvalue weighted by Crippen LogP contribution is -2.21. The largest absolute Gasteiger partial charge is 0.344 e. The van der Waals surface area contributed by atoms with E-state index in [4.69, 9.17) is 9.47 Å². The summed E-state index contributed by atoms with van der Waals surface area (Å²) in [4.78, 5) is 0. The van der Waals surface area contributed by atoms with Crippen molar-refractivity contribution in [1.29, 1.82) is 0 Å². The molecule has 1 fully saturated rings. The van der Waals surface area contributed by atoms with Gasteiger partial charge >= 0.3 is 0 Å². The van der Waals surface area contributed by atoms with Gasteiger partial charge in [0.25, 0.3) is 0 Å². The minimum atomic E-state index is -0.361. The summed E-state index contributed by atoms with van der Waals surface area (Å²) in [7, 11) is 0. The average Bonchev–Trinajstić information content (AvgIpc) is 2.20. The third-order valence-corrected chi connectivity index (χ3v) is 1.92. The van der Waals surface area contributed by atoms with Crippen LogP contribution in [0.15, 0.2) is 12.2 Å². The number of hydrogen-bond acceptors (Lipinski definition) is 2. The van der Waals surface area contributed by atoms with Crippen molar-refractivity contribution >= 4 is 0 Å². The van der Waals surface area contributed by atoms with Gasteiger partial charge in [-0.25, -0.2) is 0 Å². The van der Waals surface area contributed by atoms with Crippen LogP contribution in [0.1, 0.15) is 20.3 Å². The molecule has 0 bridgehead atoms. The molecule has 0 amide bonds. The van der Waals surface area contributed by atoms with E-state index in [1.54, 1.807) is 0 Å². The van der Waals surface area contributed by atoms with Crippen molar-refractivity contribution in [3.63, 3.8) is 0 Å². The van der Waals surface area contributed by atoms with Crippen molar-refractivity contribution in [2.75, 3.05) is 0 Å². The van der Waals surface area contributed by atoms with E-state index in [1.807, 2.05) is 13.8 Å². The molecule has 2 atom stereocenters. The zero-order valence-electron chi connectivity index (χ0n) is 6.33. The van der Waals surface area contributed by atoms with E-state index in [0.29, 0.717) is 0 Å². The van der Waals surface area contributed by atoms with Crippen molar-refractivity contribution in [3.8, 4) is 0 Å². The van der Waals surface area contributed by atoms with Crippen LogP contribution in [-0.2, 0) is 9.47 Å². The third kappa shape index (κ3) is 0.879. The zero-order valence-corrected chi connectivity index (χ0v) is 6.33. The summed E-state index contributed by atoms with van der Waals surface area (Å²) in [6, 6.07) is 0. The lowest BCUT2D eigenvalue weighted by atomic mass is 10.2. The Kier molecular flexibility index (Phi) is 1.17. The Morgan fingerprint density at radius 1 is 1.40 bits per heavy atom. The van der Waals surface area contributed by atoms with Crippen LogP contribution in [0, 0.1) is 0 Å². The van der Waals surface area contributed by atoms with Crippen LogP contribution < -0.4 is 0 Å². The fourth-order valence-electron chi connectivity index (χ4n) is 1.56. The second-order valence-electron chi connectivity index (χ2n) is 3.30. The van der Waals surface area contributed by atoms with E-state index >= 15 is 0 Å². The molecule has 0 spiro atoms. The molecule has 0 N–H and O–H groups in total. The Morgan fingerprint density at radius 3 is 2.90 bits per heavy atom. The van der Waals surface area contributed by atoms with E-state index in [-0.39, 0.29) is 18.0 Å². The standard InChI is InChI=1S/C8H12O2/c1-8(2)9-6-4-3-5-7(6)10-8/h3-4,6-7H,5H2,1-2H3. The first kappa shape index (κ1) is 6.38. The van der Waals surface area contributed by atoms with E-state index in [9.17, 15) is 0 Å². The van der Waals surface area contributed by atoms with Crippen LogP contribution in [0.25, 0.3) is 0 Å². The second-order valence-corrected chi connectivity index (χ2v) is 3.30. The lowest BCUT2D eigenvalue weighted by Gasteiger charge is -2.16. The number of rotatable bonds is 0. The molecule has 0 aromatic heterocycles. The van der Waals surface area contributed by atoms with Gasteiger partial charge in [0.05, 0.1) is 6.10 Å². The Labute approximate surface area is 60.8 Å². The normalized spacial score (nSPS) is 42.2. The summed E-state index contributed by atoms with van der Waals surface area (Å²) in [5.74, 6) is -0.361.